The van der Waals surface area contributed by atoms with Gasteiger partial charge < -0.3 is 20.3 Å². The molecule has 2 rings (SSSR count). The number of carbonyl (C=O) groups excluding carboxylic acids is 2. The summed E-state index contributed by atoms with van der Waals surface area (Å²) < 4.78 is 18.6. The molecule has 0 spiro atoms. The number of benzene rings is 2. The van der Waals surface area contributed by atoms with Crippen LogP contribution in [-0.2, 0) is 11.3 Å². The minimum Gasteiger partial charge on any atom is -0.494 e. The number of amides is 3. The van der Waals surface area contributed by atoms with Crippen molar-refractivity contribution in [2.24, 2.45) is 5.92 Å². The topological polar surface area (TPSA) is 70.7 Å². The van der Waals surface area contributed by atoms with Gasteiger partial charge in [0, 0.05) is 30.9 Å². The Morgan fingerprint density at radius 3 is 2.19 bits per heavy atom. The fourth-order valence-corrected chi connectivity index (χ4v) is 2.30. The molecule has 0 atom stereocenters. The number of nitrogens with one attached hydrogen (secondary N) is 2. The normalized spacial score (nSPS) is 10.4. The first-order valence-electron chi connectivity index (χ1n) is 8.55. The highest BCUT2D eigenvalue weighted by Crippen LogP contribution is 2.19. The van der Waals surface area contributed by atoms with Crippen molar-refractivity contribution in [1.29, 1.82) is 0 Å². The highest BCUT2D eigenvalue weighted by atomic mass is 19.1. The first-order chi connectivity index (χ1) is 12.8. The Labute approximate surface area is 158 Å². The van der Waals surface area contributed by atoms with Crippen molar-refractivity contribution in [3.8, 4) is 5.75 Å². The molecular formula is C20H24FN3O3. The van der Waals surface area contributed by atoms with Gasteiger partial charge in [-0.05, 0) is 42.0 Å². The second kappa shape index (κ2) is 9.02. The van der Waals surface area contributed by atoms with Crippen LogP contribution in [0.5, 0.6) is 5.75 Å². The minimum absolute atomic E-state index is 0.0711. The molecule has 0 aliphatic heterocycles. The standard InChI is InChI=1S/C20H24FN3O3/c1-13(2)19(25)22-15-6-8-16(9-7-15)23-20(26)24(3)12-14-5-10-18(27-4)17(21)11-14/h5-11,13H,12H2,1-4H3,(H,22,25)(H,23,26). The third-order valence-corrected chi connectivity index (χ3v) is 3.91. The van der Waals surface area contributed by atoms with E-state index in [2.05, 4.69) is 10.6 Å². The predicted octanol–water partition coefficient (Wildman–Crippen LogP) is 4.09. The molecule has 0 fully saturated rings. The van der Waals surface area contributed by atoms with Crippen molar-refractivity contribution >= 4 is 23.3 Å². The number of methoxy groups -OCH3 is 1. The summed E-state index contributed by atoms with van der Waals surface area (Å²) in [7, 11) is 3.02. The highest BCUT2D eigenvalue weighted by molar-refractivity contribution is 5.93. The predicted molar refractivity (Wildman–Crippen MR) is 103 cm³/mol. The molecule has 3 amide bonds. The molecule has 2 aromatic rings. The van der Waals surface area contributed by atoms with E-state index in [1.54, 1.807) is 37.4 Å². The van der Waals surface area contributed by atoms with Crippen LogP contribution in [0.25, 0.3) is 0 Å². The Morgan fingerprint density at radius 2 is 1.67 bits per heavy atom. The van der Waals surface area contributed by atoms with Crippen molar-refractivity contribution < 1.29 is 18.7 Å². The van der Waals surface area contributed by atoms with Crippen LogP contribution >= 0.6 is 0 Å². The third-order valence-electron chi connectivity index (χ3n) is 3.91. The van der Waals surface area contributed by atoms with E-state index in [-0.39, 0.29) is 30.2 Å². The van der Waals surface area contributed by atoms with Gasteiger partial charge in [-0.3, -0.25) is 4.79 Å². The molecule has 0 bridgehead atoms. The Morgan fingerprint density at radius 1 is 1.07 bits per heavy atom. The number of anilines is 2. The van der Waals surface area contributed by atoms with Crippen molar-refractivity contribution in [3.63, 3.8) is 0 Å². The van der Waals surface area contributed by atoms with Gasteiger partial charge >= 0.3 is 6.03 Å². The van der Waals surface area contributed by atoms with Crippen LogP contribution in [-0.4, -0.2) is 31.0 Å². The van der Waals surface area contributed by atoms with Gasteiger partial charge in [0.15, 0.2) is 11.6 Å². The van der Waals surface area contributed by atoms with Gasteiger partial charge in [0.1, 0.15) is 0 Å². The van der Waals surface area contributed by atoms with Crippen LogP contribution in [0.15, 0.2) is 42.5 Å². The quantitative estimate of drug-likeness (QED) is 0.801. The summed E-state index contributed by atoms with van der Waals surface area (Å²) >= 11 is 0. The van der Waals surface area contributed by atoms with Crippen LogP contribution in [0.1, 0.15) is 19.4 Å². The number of rotatable bonds is 6. The number of ether oxygens (including phenoxy) is 1. The molecule has 0 unspecified atom stereocenters. The number of halogens is 1. The Bertz CT molecular complexity index is 807. The molecule has 144 valence electrons. The summed E-state index contributed by atoms with van der Waals surface area (Å²) in [5.74, 6) is -0.489. The number of urea groups is 1. The zero-order chi connectivity index (χ0) is 20.0. The van der Waals surface area contributed by atoms with Crippen molar-refractivity contribution in [2.45, 2.75) is 20.4 Å². The fraction of sp³-hybridized carbons (Fsp3) is 0.300. The van der Waals surface area contributed by atoms with Crippen molar-refractivity contribution in [1.82, 2.24) is 4.90 Å². The van der Waals surface area contributed by atoms with Crippen LogP contribution in [0.3, 0.4) is 0 Å². The average Bonchev–Trinajstić information content (AvgIpc) is 2.63. The SMILES string of the molecule is COc1ccc(CN(C)C(=O)Nc2ccc(NC(=O)C(C)C)cc2)cc1F. The number of nitrogens with zero attached hydrogens (tertiary/aromatic N) is 1. The second-order valence-electron chi connectivity index (χ2n) is 6.48. The lowest BCUT2D eigenvalue weighted by molar-refractivity contribution is -0.118. The van der Waals surface area contributed by atoms with E-state index >= 15 is 0 Å². The first kappa shape index (κ1) is 20.2. The molecule has 0 aliphatic carbocycles. The molecule has 0 aliphatic rings. The molecule has 0 radical (unpaired) electrons. The van der Waals surface area contributed by atoms with Gasteiger partial charge in [0.05, 0.1) is 7.11 Å². The van der Waals surface area contributed by atoms with Gasteiger partial charge in [0.25, 0.3) is 0 Å². The molecule has 27 heavy (non-hydrogen) atoms. The maximum atomic E-state index is 13.8. The number of carbonyl (C=O) groups is 2. The summed E-state index contributed by atoms with van der Waals surface area (Å²) in [5, 5.41) is 5.54. The van der Waals surface area contributed by atoms with Gasteiger partial charge in [-0.15, -0.1) is 0 Å². The van der Waals surface area contributed by atoms with E-state index in [9.17, 15) is 14.0 Å². The van der Waals surface area contributed by atoms with Gasteiger partial charge in [-0.1, -0.05) is 19.9 Å². The van der Waals surface area contributed by atoms with Crippen LogP contribution in [0.4, 0.5) is 20.6 Å². The van der Waals surface area contributed by atoms with E-state index in [1.165, 1.54) is 24.1 Å². The fourth-order valence-electron chi connectivity index (χ4n) is 2.30. The molecular weight excluding hydrogens is 349 g/mol. The largest absolute Gasteiger partial charge is 0.494 e. The number of hydrogen-bond acceptors (Lipinski definition) is 3. The maximum Gasteiger partial charge on any atom is 0.321 e. The van der Waals surface area contributed by atoms with E-state index < -0.39 is 5.82 Å². The monoisotopic (exact) mass is 373 g/mol. The zero-order valence-corrected chi connectivity index (χ0v) is 15.9. The molecule has 6 nitrogen and oxygen atoms in total. The van der Waals surface area contributed by atoms with Crippen LogP contribution < -0.4 is 15.4 Å². The zero-order valence-electron chi connectivity index (χ0n) is 15.9. The lowest BCUT2D eigenvalue weighted by Crippen LogP contribution is -2.30. The lowest BCUT2D eigenvalue weighted by Gasteiger charge is -2.18. The summed E-state index contributed by atoms with van der Waals surface area (Å²) in [5.41, 5.74) is 1.90. The molecule has 0 saturated carbocycles. The van der Waals surface area contributed by atoms with Crippen molar-refractivity contribution in [3.05, 3.63) is 53.8 Å². The summed E-state index contributed by atoms with van der Waals surface area (Å²) in [6.45, 7) is 3.87. The summed E-state index contributed by atoms with van der Waals surface area (Å²) in [6, 6.07) is 11.1. The molecule has 2 N–H and O–H groups in total. The molecule has 2 aromatic carbocycles. The molecule has 7 heteroatoms. The van der Waals surface area contributed by atoms with Gasteiger partial charge in [0.2, 0.25) is 5.91 Å². The van der Waals surface area contributed by atoms with E-state index in [0.29, 0.717) is 16.9 Å². The lowest BCUT2D eigenvalue weighted by atomic mass is 10.2. The maximum absolute atomic E-state index is 13.8. The highest BCUT2D eigenvalue weighted by Gasteiger charge is 2.12. The first-order valence-corrected chi connectivity index (χ1v) is 8.55. The Kier molecular flexibility index (Phi) is 6.76. The third kappa shape index (κ3) is 5.70. The average molecular weight is 373 g/mol. The smallest absolute Gasteiger partial charge is 0.321 e. The van der Waals surface area contributed by atoms with Gasteiger partial charge in [-0.25, -0.2) is 9.18 Å². The number of hydrogen-bond donors (Lipinski definition) is 2. The molecule has 0 heterocycles. The van der Waals surface area contributed by atoms with Crippen molar-refractivity contribution in [2.75, 3.05) is 24.8 Å². The van der Waals surface area contributed by atoms with Crippen LogP contribution in [0.2, 0.25) is 0 Å². The second-order valence-corrected chi connectivity index (χ2v) is 6.48. The van der Waals surface area contributed by atoms with Gasteiger partial charge in [-0.2, -0.15) is 0 Å². The van der Waals surface area contributed by atoms with E-state index in [0.717, 1.165) is 0 Å². The summed E-state index contributed by atoms with van der Waals surface area (Å²) in [6.07, 6.45) is 0. The van der Waals surface area contributed by atoms with E-state index in [1.807, 2.05) is 13.8 Å². The Balaban J connectivity index is 1.94. The Hall–Kier alpha value is -3.09. The van der Waals surface area contributed by atoms with E-state index in [4.69, 9.17) is 4.74 Å². The molecule has 0 saturated heterocycles. The minimum atomic E-state index is -0.470. The molecule has 0 aromatic heterocycles. The summed E-state index contributed by atoms with van der Waals surface area (Å²) in [4.78, 5) is 25.4. The van der Waals surface area contributed by atoms with Crippen LogP contribution in [0, 0.1) is 11.7 Å².